The minimum atomic E-state index is -0.333. The number of fused-ring (bicyclic) bond motifs is 1. The van der Waals surface area contributed by atoms with Gasteiger partial charge >= 0.3 is 0 Å². The molecule has 2 aromatic carbocycles. The number of anilines is 1. The summed E-state index contributed by atoms with van der Waals surface area (Å²) >= 11 is 5.92. The fraction of sp³-hybridized carbons (Fsp3) is 0.292. The highest BCUT2D eigenvalue weighted by molar-refractivity contribution is 6.30. The summed E-state index contributed by atoms with van der Waals surface area (Å²) in [6.45, 7) is 2.60. The Morgan fingerprint density at radius 3 is 2.45 bits per heavy atom. The molecule has 172 valence electrons. The van der Waals surface area contributed by atoms with Crippen LogP contribution in [0, 0.1) is 0 Å². The van der Waals surface area contributed by atoms with Gasteiger partial charge in [0.15, 0.2) is 0 Å². The number of carbonyl (C=O) groups excluding carboxylic acids is 1. The largest absolute Gasteiger partial charge is 0.497 e. The maximum Gasteiger partial charge on any atom is 0.293 e. The lowest BCUT2D eigenvalue weighted by Gasteiger charge is -2.29. The van der Waals surface area contributed by atoms with Crippen LogP contribution in [-0.2, 0) is 13.0 Å². The van der Waals surface area contributed by atoms with Gasteiger partial charge in [-0.25, -0.2) is 4.98 Å². The number of methoxy groups -OCH3 is 1. The molecule has 0 fully saturated rings. The molecule has 1 aliphatic heterocycles. The molecule has 8 nitrogen and oxygen atoms in total. The summed E-state index contributed by atoms with van der Waals surface area (Å²) in [5.41, 5.74) is 2.31. The molecular weight excluding hydrogens is 444 g/mol. The van der Waals surface area contributed by atoms with Crippen molar-refractivity contribution in [3.8, 4) is 5.75 Å². The first-order chi connectivity index (χ1) is 15.9. The average molecular weight is 469 g/mol. The van der Waals surface area contributed by atoms with Crippen molar-refractivity contribution < 1.29 is 14.4 Å². The van der Waals surface area contributed by atoms with Gasteiger partial charge in [0.2, 0.25) is 5.95 Å². The van der Waals surface area contributed by atoms with Gasteiger partial charge in [-0.2, -0.15) is 0 Å². The standard InChI is InChI=1S/C24H25ClN4O4/c1-15(16-6-10-19(32-2)11-7-16)26-24-27-21-12-13-28(14-20(21)23(31)29(24)33-3)22(30)17-4-8-18(25)9-5-17/h4-11,15H,12-14H2,1-3H3,(H,26,27). The number of amides is 1. The van der Waals surface area contributed by atoms with Gasteiger partial charge in [0, 0.05) is 23.6 Å². The van der Waals surface area contributed by atoms with E-state index in [1.807, 2.05) is 31.2 Å². The molecule has 0 saturated heterocycles. The van der Waals surface area contributed by atoms with E-state index in [1.165, 1.54) is 7.11 Å². The Morgan fingerprint density at radius 2 is 1.82 bits per heavy atom. The van der Waals surface area contributed by atoms with Crippen molar-refractivity contribution in [2.45, 2.75) is 25.9 Å². The quantitative estimate of drug-likeness (QED) is 0.597. The van der Waals surface area contributed by atoms with Crippen LogP contribution >= 0.6 is 11.6 Å². The molecule has 3 aromatic rings. The molecule has 4 rings (SSSR count). The molecule has 1 aromatic heterocycles. The van der Waals surface area contributed by atoms with Crippen molar-refractivity contribution in [2.75, 3.05) is 26.1 Å². The van der Waals surface area contributed by atoms with Gasteiger partial charge in [0.05, 0.1) is 31.0 Å². The molecule has 0 bridgehead atoms. The zero-order valence-corrected chi connectivity index (χ0v) is 19.4. The second-order valence-corrected chi connectivity index (χ2v) is 8.20. The van der Waals surface area contributed by atoms with E-state index in [2.05, 4.69) is 10.3 Å². The lowest BCUT2D eigenvalue weighted by molar-refractivity contribution is 0.0728. The number of benzene rings is 2. The number of nitrogens with one attached hydrogen (secondary N) is 1. The highest BCUT2D eigenvalue weighted by atomic mass is 35.5. The first kappa shape index (κ1) is 22.7. The summed E-state index contributed by atoms with van der Waals surface area (Å²) in [5, 5.41) is 3.83. The molecule has 1 atom stereocenters. The molecule has 1 aliphatic rings. The van der Waals surface area contributed by atoms with Crippen molar-refractivity contribution in [1.29, 1.82) is 0 Å². The number of nitrogens with zero attached hydrogens (tertiary/aromatic N) is 3. The van der Waals surface area contributed by atoms with E-state index in [9.17, 15) is 9.59 Å². The Balaban J connectivity index is 1.58. The van der Waals surface area contributed by atoms with Crippen LogP contribution in [0.5, 0.6) is 5.75 Å². The Bertz CT molecular complexity index is 1210. The van der Waals surface area contributed by atoms with Gasteiger partial charge < -0.3 is 19.8 Å². The summed E-state index contributed by atoms with van der Waals surface area (Å²) in [7, 11) is 3.04. The van der Waals surface area contributed by atoms with Gasteiger partial charge in [-0.05, 0) is 48.9 Å². The smallest absolute Gasteiger partial charge is 0.293 e. The van der Waals surface area contributed by atoms with Gasteiger partial charge in [0.25, 0.3) is 11.5 Å². The van der Waals surface area contributed by atoms with Crippen LogP contribution in [0.25, 0.3) is 0 Å². The summed E-state index contributed by atoms with van der Waals surface area (Å²) < 4.78 is 6.34. The number of hydrogen-bond acceptors (Lipinski definition) is 6. The highest BCUT2D eigenvalue weighted by Crippen LogP contribution is 2.23. The summed E-state index contributed by atoms with van der Waals surface area (Å²) in [6.07, 6.45) is 0.472. The van der Waals surface area contributed by atoms with Crippen molar-refractivity contribution in [3.05, 3.63) is 86.3 Å². The van der Waals surface area contributed by atoms with E-state index in [4.69, 9.17) is 21.2 Å². The van der Waals surface area contributed by atoms with Gasteiger partial charge in [-0.15, -0.1) is 4.73 Å². The first-order valence-corrected chi connectivity index (χ1v) is 10.9. The number of carbonyl (C=O) groups is 1. The van der Waals surface area contributed by atoms with Gasteiger partial charge in [0.1, 0.15) is 12.9 Å². The van der Waals surface area contributed by atoms with Crippen LogP contribution < -0.4 is 20.5 Å². The third-order valence-electron chi connectivity index (χ3n) is 5.71. The number of rotatable bonds is 6. The fourth-order valence-electron chi connectivity index (χ4n) is 3.84. The molecule has 0 spiro atoms. The first-order valence-electron chi connectivity index (χ1n) is 10.6. The Labute approximate surface area is 196 Å². The Morgan fingerprint density at radius 1 is 1.12 bits per heavy atom. The van der Waals surface area contributed by atoms with E-state index in [0.29, 0.717) is 40.8 Å². The highest BCUT2D eigenvalue weighted by Gasteiger charge is 2.27. The zero-order chi connectivity index (χ0) is 23.5. The van der Waals surface area contributed by atoms with Crippen LogP contribution in [0.4, 0.5) is 5.95 Å². The second kappa shape index (κ2) is 9.54. The van der Waals surface area contributed by atoms with Crippen molar-refractivity contribution in [2.24, 2.45) is 0 Å². The van der Waals surface area contributed by atoms with Crippen LogP contribution in [0.15, 0.2) is 53.3 Å². The molecule has 33 heavy (non-hydrogen) atoms. The van der Waals surface area contributed by atoms with Crippen LogP contribution in [-0.4, -0.2) is 41.3 Å². The third kappa shape index (κ3) is 4.66. The average Bonchev–Trinajstić information content (AvgIpc) is 2.84. The lowest BCUT2D eigenvalue weighted by atomic mass is 10.1. The van der Waals surface area contributed by atoms with E-state index in [-0.39, 0.29) is 24.1 Å². The fourth-order valence-corrected chi connectivity index (χ4v) is 3.96. The second-order valence-electron chi connectivity index (χ2n) is 7.77. The zero-order valence-electron chi connectivity index (χ0n) is 18.7. The van der Waals surface area contributed by atoms with Crippen molar-refractivity contribution in [3.63, 3.8) is 0 Å². The number of hydrogen-bond donors (Lipinski definition) is 1. The van der Waals surface area contributed by atoms with E-state index < -0.39 is 0 Å². The summed E-state index contributed by atoms with van der Waals surface area (Å²) in [6, 6.07) is 14.2. The number of halogens is 1. The summed E-state index contributed by atoms with van der Waals surface area (Å²) in [4.78, 5) is 37.8. The molecular formula is C24H25ClN4O4. The molecule has 1 unspecified atom stereocenters. The van der Waals surface area contributed by atoms with Crippen LogP contribution in [0.3, 0.4) is 0 Å². The van der Waals surface area contributed by atoms with Crippen molar-refractivity contribution >= 4 is 23.5 Å². The Hall–Kier alpha value is -3.52. The minimum absolute atomic E-state index is 0.131. The van der Waals surface area contributed by atoms with E-state index in [1.54, 1.807) is 36.3 Å². The van der Waals surface area contributed by atoms with Crippen LogP contribution in [0.1, 0.15) is 40.1 Å². The Kier molecular flexibility index (Phi) is 6.55. The van der Waals surface area contributed by atoms with Crippen LogP contribution in [0.2, 0.25) is 5.02 Å². The molecule has 0 saturated carbocycles. The molecule has 1 N–H and O–H groups in total. The molecule has 1 amide bonds. The molecule has 0 aliphatic carbocycles. The predicted octanol–water partition coefficient (Wildman–Crippen LogP) is 3.34. The predicted molar refractivity (Wildman–Crippen MR) is 126 cm³/mol. The SMILES string of the molecule is COc1ccc(C(C)Nc2nc3c(c(=O)n2OC)CN(C(=O)c2ccc(Cl)cc2)CC3)cc1. The topological polar surface area (TPSA) is 85.7 Å². The number of aromatic nitrogens is 2. The van der Waals surface area contributed by atoms with Gasteiger partial charge in [-0.1, -0.05) is 23.7 Å². The van der Waals surface area contributed by atoms with Gasteiger partial charge in [-0.3, -0.25) is 9.59 Å². The normalized spacial score (nSPS) is 13.8. The molecule has 2 heterocycles. The molecule has 0 radical (unpaired) electrons. The van der Waals surface area contributed by atoms with E-state index in [0.717, 1.165) is 16.0 Å². The monoisotopic (exact) mass is 468 g/mol. The lowest BCUT2D eigenvalue weighted by Crippen LogP contribution is -2.42. The van der Waals surface area contributed by atoms with Crippen molar-refractivity contribution in [1.82, 2.24) is 14.6 Å². The molecule has 9 heteroatoms. The third-order valence-corrected chi connectivity index (χ3v) is 5.97. The minimum Gasteiger partial charge on any atom is -0.497 e. The maximum absolute atomic E-state index is 13.2. The van der Waals surface area contributed by atoms with E-state index >= 15 is 0 Å². The summed E-state index contributed by atoms with van der Waals surface area (Å²) in [5.74, 6) is 0.933. The maximum atomic E-state index is 13.2. The number of ether oxygens (including phenoxy) is 1.